The van der Waals surface area contributed by atoms with E-state index in [0.717, 1.165) is 63.3 Å². The number of carbonyl (C=O) groups is 1. The van der Waals surface area contributed by atoms with Crippen molar-refractivity contribution in [3.05, 3.63) is 51.7 Å². The van der Waals surface area contributed by atoms with Crippen LogP contribution in [0.4, 0.5) is 0 Å². The number of hydrogen-bond acceptors (Lipinski definition) is 4. The topological polar surface area (TPSA) is 29.5 Å². The summed E-state index contributed by atoms with van der Waals surface area (Å²) in [7, 11) is 0. The third-order valence-corrected chi connectivity index (χ3v) is 8.75. The molecule has 0 saturated heterocycles. The quantitative estimate of drug-likeness (QED) is 0.184. The first-order chi connectivity index (χ1) is 17.0. The monoisotopic (exact) mass is 497 g/mol. The predicted octanol–water partition coefficient (Wildman–Crippen LogP) is 8.10. The van der Waals surface area contributed by atoms with Crippen LogP contribution in [0.25, 0.3) is 0 Å². The zero-order chi connectivity index (χ0) is 25.0. The molecule has 0 bridgehead atoms. The number of esters is 1. The first kappa shape index (κ1) is 27.9. The second-order valence-corrected chi connectivity index (χ2v) is 11.8. The molecular formula is C31H47NO2S. The van der Waals surface area contributed by atoms with Gasteiger partial charge in [-0.05, 0) is 85.5 Å². The molecule has 1 heterocycles. The van der Waals surface area contributed by atoms with Gasteiger partial charge in [0, 0.05) is 23.9 Å². The van der Waals surface area contributed by atoms with E-state index in [1.165, 1.54) is 41.7 Å². The standard InChI is InChI=1S/C31H47NO2S/c1-5-20-32(21-19-28-12-9-22-35-28)27-17-18-29-26(23-27)11-8-13-30(29)34-31(33)14-7-10-25(4)16-15-24(3)6-2/h8-9,11-13,22,24-25,27H,5-7,10,14-21,23H2,1-4H3. The highest BCUT2D eigenvalue weighted by atomic mass is 32.1. The van der Waals surface area contributed by atoms with E-state index in [4.69, 9.17) is 4.74 Å². The van der Waals surface area contributed by atoms with Crippen molar-refractivity contribution in [3.63, 3.8) is 0 Å². The molecule has 1 aromatic heterocycles. The Bertz CT molecular complexity index is 878. The fraction of sp³-hybridized carbons (Fsp3) is 0.645. The lowest BCUT2D eigenvalue weighted by atomic mass is 9.86. The average Bonchev–Trinajstić information content (AvgIpc) is 3.38. The second-order valence-electron chi connectivity index (χ2n) is 10.7. The molecule has 4 heteroatoms. The van der Waals surface area contributed by atoms with Crippen molar-refractivity contribution in [1.29, 1.82) is 0 Å². The SMILES string of the molecule is CCCN(CCc1cccs1)C1CCc2c(cccc2OC(=O)CCCC(C)CCC(C)CC)C1. The van der Waals surface area contributed by atoms with Crippen LogP contribution in [0.1, 0.15) is 95.1 Å². The first-order valence-corrected chi connectivity index (χ1v) is 15.0. The number of rotatable bonds is 15. The summed E-state index contributed by atoms with van der Waals surface area (Å²) < 4.78 is 5.90. The molecule has 0 saturated carbocycles. The largest absolute Gasteiger partial charge is 0.426 e. The van der Waals surface area contributed by atoms with Crippen LogP contribution in [-0.2, 0) is 24.1 Å². The molecule has 0 radical (unpaired) electrons. The fourth-order valence-corrected chi connectivity index (χ4v) is 6.02. The smallest absolute Gasteiger partial charge is 0.311 e. The number of hydrogen-bond donors (Lipinski definition) is 0. The molecule has 0 spiro atoms. The number of benzene rings is 1. The van der Waals surface area contributed by atoms with Crippen LogP contribution in [0.5, 0.6) is 5.75 Å². The van der Waals surface area contributed by atoms with Gasteiger partial charge in [-0.15, -0.1) is 11.3 Å². The maximum atomic E-state index is 12.6. The molecule has 0 fully saturated rings. The maximum Gasteiger partial charge on any atom is 0.311 e. The lowest BCUT2D eigenvalue weighted by Gasteiger charge is -2.35. The van der Waals surface area contributed by atoms with E-state index in [2.05, 4.69) is 62.2 Å². The summed E-state index contributed by atoms with van der Waals surface area (Å²) >= 11 is 1.86. The van der Waals surface area contributed by atoms with Gasteiger partial charge in [-0.1, -0.05) is 71.6 Å². The van der Waals surface area contributed by atoms with Crippen molar-refractivity contribution in [2.24, 2.45) is 11.8 Å². The van der Waals surface area contributed by atoms with E-state index in [1.54, 1.807) is 0 Å². The molecule has 35 heavy (non-hydrogen) atoms. The molecule has 1 aromatic carbocycles. The van der Waals surface area contributed by atoms with Crippen molar-refractivity contribution in [2.75, 3.05) is 13.1 Å². The van der Waals surface area contributed by atoms with Crippen molar-refractivity contribution in [3.8, 4) is 5.75 Å². The Kier molecular flexibility index (Phi) is 11.8. The van der Waals surface area contributed by atoms with Crippen LogP contribution in [0.2, 0.25) is 0 Å². The summed E-state index contributed by atoms with van der Waals surface area (Å²) in [5.41, 5.74) is 2.62. The van der Waals surface area contributed by atoms with Crippen molar-refractivity contribution in [2.45, 2.75) is 104 Å². The van der Waals surface area contributed by atoms with Gasteiger partial charge >= 0.3 is 5.97 Å². The maximum absolute atomic E-state index is 12.6. The minimum absolute atomic E-state index is 0.0711. The van der Waals surface area contributed by atoms with Crippen molar-refractivity contribution < 1.29 is 9.53 Å². The summed E-state index contributed by atoms with van der Waals surface area (Å²) in [5, 5.41) is 2.17. The van der Waals surface area contributed by atoms with Crippen LogP contribution in [0, 0.1) is 11.8 Å². The number of nitrogens with zero attached hydrogens (tertiary/aromatic N) is 1. The highest BCUT2D eigenvalue weighted by Crippen LogP contribution is 2.32. The zero-order valence-corrected chi connectivity index (χ0v) is 23.4. The highest BCUT2D eigenvalue weighted by Gasteiger charge is 2.26. The Hall–Kier alpha value is -1.65. The Balaban J connectivity index is 1.49. The highest BCUT2D eigenvalue weighted by molar-refractivity contribution is 7.09. The summed E-state index contributed by atoms with van der Waals surface area (Å²) in [4.78, 5) is 16.8. The molecule has 1 aliphatic rings. The lowest BCUT2D eigenvalue weighted by molar-refractivity contribution is -0.134. The second kappa shape index (κ2) is 14.8. The van der Waals surface area contributed by atoms with Gasteiger partial charge in [0.25, 0.3) is 0 Å². The van der Waals surface area contributed by atoms with Gasteiger partial charge in [-0.2, -0.15) is 0 Å². The normalized spacial score (nSPS) is 17.2. The number of fused-ring (bicyclic) bond motifs is 1. The fourth-order valence-electron chi connectivity index (χ4n) is 5.32. The Labute approximate surface area is 218 Å². The molecule has 3 nitrogen and oxygen atoms in total. The summed E-state index contributed by atoms with van der Waals surface area (Å²) in [6.45, 7) is 11.5. The lowest BCUT2D eigenvalue weighted by Crippen LogP contribution is -2.41. The van der Waals surface area contributed by atoms with Crippen molar-refractivity contribution in [1.82, 2.24) is 4.90 Å². The number of carbonyl (C=O) groups excluding carboxylic acids is 1. The summed E-state index contributed by atoms with van der Waals surface area (Å²) in [5.74, 6) is 2.22. The van der Waals surface area contributed by atoms with Crippen LogP contribution < -0.4 is 4.74 Å². The minimum Gasteiger partial charge on any atom is -0.426 e. The van der Waals surface area contributed by atoms with Gasteiger partial charge < -0.3 is 4.74 Å². The van der Waals surface area contributed by atoms with E-state index in [1.807, 2.05) is 17.4 Å². The Morgan fingerprint density at radius 1 is 1.09 bits per heavy atom. The predicted molar refractivity (Wildman–Crippen MR) is 149 cm³/mol. The van der Waals surface area contributed by atoms with Gasteiger partial charge in [0.2, 0.25) is 0 Å². The van der Waals surface area contributed by atoms with Crippen LogP contribution in [-0.4, -0.2) is 30.0 Å². The van der Waals surface area contributed by atoms with Crippen LogP contribution in [0.15, 0.2) is 35.7 Å². The molecule has 0 aliphatic heterocycles. The van der Waals surface area contributed by atoms with Gasteiger partial charge in [0.15, 0.2) is 0 Å². The Morgan fingerprint density at radius 3 is 2.66 bits per heavy atom. The van der Waals surface area contributed by atoms with E-state index in [0.29, 0.717) is 18.4 Å². The molecule has 3 rings (SSSR count). The first-order valence-electron chi connectivity index (χ1n) is 14.1. The third-order valence-electron chi connectivity index (χ3n) is 7.82. The zero-order valence-electron chi connectivity index (χ0n) is 22.6. The molecular weight excluding hydrogens is 450 g/mol. The minimum atomic E-state index is -0.0711. The molecule has 0 N–H and O–H groups in total. The van der Waals surface area contributed by atoms with E-state index in [-0.39, 0.29) is 5.97 Å². The van der Waals surface area contributed by atoms with E-state index >= 15 is 0 Å². The molecule has 3 atom stereocenters. The molecule has 0 amide bonds. The summed E-state index contributed by atoms with van der Waals surface area (Å²) in [6.07, 6.45) is 11.9. The summed E-state index contributed by atoms with van der Waals surface area (Å²) in [6, 6.07) is 11.3. The van der Waals surface area contributed by atoms with Gasteiger partial charge in [0.05, 0.1) is 0 Å². The number of ether oxygens (including phenoxy) is 1. The molecule has 194 valence electrons. The third kappa shape index (κ3) is 9.06. The van der Waals surface area contributed by atoms with E-state index in [9.17, 15) is 4.79 Å². The van der Waals surface area contributed by atoms with Gasteiger partial charge in [0.1, 0.15) is 5.75 Å². The molecule has 1 aliphatic carbocycles. The van der Waals surface area contributed by atoms with Crippen LogP contribution >= 0.6 is 11.3 Å². The van der Waals surface area contributed by atoms with E-state index < -0.39 is 0 Å². The molecule has 3 unspecified atom stereocenters. The average molecular weight is 498 g/mol. The van der Waals surface area contributed by atoms with Crippen molar-refractivity contribution >= 4 is 17.3 Å². The Morgan fingerprint density at radius 2 is 1.91 bits per heavy atom. The van der Waals surface area contributed by atoms with Crippen LogP contribution in [0.3, 0.4) is 0 Å². The molecule has 2 aromatic rings. The number of thiophene rings is 1. The van der Waals surface area contributed by atoms with Gasteiger partial charge in [-0.3, -0.25) is 9.69 Å². The van der Waals surface area contributed by atoms with Gasteiger partial charge in [-0.25, -0.2) is 0 Å².